The number of halogens is 1. The van der Waals surface area contributed by atoms with Gasteiger partial charge in [-0.2, -0.15) is 0 Å². The van der Waals surface area contributed by atoms with Gasteiger partial charge in [-0.15, -0.1) is 0 Å². The Morgan fingerprint density at radius 3 is 2.65 bits per heavy atom. The van der Waals surface area contributed by atoms with Gasteiger partial charge in [0.1, 0.15) is 5.82 Å². The van der Waals surface area contributed by atoms with Gasteiger partial charge >= 0.3 is 0 Å². The van der Waals surface area contributed by atoms with Crippen LogP contribution in [-0.4, -0.2) is 54.3 Å². The summed E-state index contributed by atoms with van der Waals surface area (Å²) in [7, 11) is 1.75. The van der Waals surface area contributed by atoms with Crippen LogP contribution in [0.15, 0.2) is 24.3 Å². The third-order valence-corrected chi connectivity index (χ3v) is 4.19. The Labute approximate surface area is 136 Å². The molecule has 1 saturated heterocycles. The molecule has 0 spiro atoms. The van der Waals surface area contributed by atoms with Crippen LogP contribution in [0, 0.1) is 5.82 Å². The lowest BCUT2D eigenvalue weighted by molar-refractivity contribution is -0.137. The Hall–Kier alpha value is -1.95. The number of carbonyl (C=O) groups excluding carboxylic acids is 2. The van der Waals surface area contributed by atoms with Crippen LogP contribution in [0.4, 0.5) is 10.1 Å². The molecule has 1 aliphatic rings. The van der Waals surface area contributed by atoms with Crippen molar-refractivity contribution < 1.29 is 14.0 Å². The third-order valence-electron chi connectivity index (χ3n) is 4.19. The fraction of sp³-hybridized carbons (Fsp3) is 0.529. The molecule has 6 heteroatoms. The molecule has 1 atom stereocenters. The molecule has 0 unspecified atom stereocenters. The first-order chi connectivity index (χ1) is 11.0. The van der Waals surface area contributed by atoms with Crippen molar-refractivity contribution in [1.82, 2.24) is 9.80 Å². The number of likely N-dealkylation sites (N-methyl/N-ethyl adjacent to an activating group) is 1. The highest BCUT2D eigenvalue weighted by Gasteiger charge is 2.25. The molecule has 1 heterocycles. The maximum atomic E-state index is 13.1. The minimum absolute atomic E-state index is 0.0609. The van der Waals surface area contributed by atoms with Gasteiger partial charge in [-0.05, 0) is 51.4 Å². The Balaban J connectivity index is 1.85. The first kappa shape index (κ1) is 17.4. The second-order valence-corrected chi connectivity index (χ2v) is 6.04. The number of benzene rings is 1. The largest absolute Gasteiger partial charge is 0.341 e. The topological polar surface area (TPSA) is 52.7 Å². The van der Waals surface area contributed by atoms with Crippen molar-refractivity contribution in [2.45, 2.75) is 32.2 Å². The normalized spacial score (nSPS) is 16.3. The molecule has 1 fully saturated rings. The lowest BCUT2D eigenvalue weighted by Gasteiger charge is -2.32. The zero-order valence-electron chi connectivity index (χ0n) is 13.7. The third kappa shape index (κ3) is 5.03. The average Bonchev–Trinajstić information content (AvgIpc) is 2.54. The van der Waals surface area contributed by atoms with E-state index in [9.17, 15) is 14.0 Å². The maximum Gasteiger partial charge on any atom is 0.239 e. The smallest absolute Gasteiger partial charge is 0.239 e. The number of hydrogen-bond acceptors (Lipinski definition) is 3. The molecule has 0 saturated carbocycles. The van der Waals surface area contributed by atoms with E-state index in [4.69, 9.17) is 0 Å². The molecule has 126 valence electrons. The summed E-state index contributed by atoms with van der Waals surface area (Å²) >= 11 is 0. The minimum Gasteiger partial charge on any atom is -0.341 e. The van der Waals surface area contributed by atoms with Gasteiger partial charge in [-0.25, -0.2) is 4.39 Å². The minimum atomic E-state index is -0.398. The van der Waals surface area contributed by atoms with Crippen LogP contribution >= 0.6 is 0 Å². The van der Waals surface area contributed by atoms with Crippen LogP contribution in [-0.2, 0) is 9.59 Å². The Morgan fingerprint density at radius 1 is 1.30 bits per heavy atom. The average molecular weight is 321 g/mol. The number of carbonyl (C=O) groups is 2. The van der Waals surface area contributed by atoms with Crippen molar-refractivity contribution in [3.63, 3.8) is 0 Å². The fourth-order valence-electron chi connectivity index (χ4n) is 2.70. The Morgan fingerprint density at radius 2 is 2.00 bits per heavy atom. The van der Waals surface area contributed by atoms with Crippen molar-refractivity contribution >= 4 is 17.5 Å². The maximum absolute atomic E-state index is 13.1. The summed E-state index contributed by atoms with van der Waals surface area (Å²) in [6, 6.07) is 5.40. The number of rotatable bonds is 5. The standard InChI is InChI=1S/C17H24FN3O2/c1-13(17(23)21-9-4-3-5-10-21)20(2)12-16(22)19-15-8-6-7-14(18)11-15/h6-8,11,13H,3-5,9-10,12H2,1-2H3,(H,19,22)/t13-/m0/s1. The predicted octanol–water partition coefficient (Wildman–Crippen LogP) is 2.10. The number of likely N-dealkylation sites (tertiary alicyclic amines) is 1. The lowest BCUT2D eigenvalue weighted by atomic mass is 10.1. The second-order valence-electron chi connectivity index (χ2n) is 6.04. The lowest BCUT2D eigenvalue weighted by Crippen LogP contribution is -2.49. The zero-order valence-corrected chi connectivity index (χ0v) is 13.7. The van der Waals surface area contributed by atoms with Crippen LogP contribution in [0.3, 0.4) is 0 Å². The van der Waals surface area contributed by atoms with Gasteiger partial charge in [0.2, 0.25) is 11.8 Å². The van der Waals surface area contributed by atoms with Crippen LogP contribution in [0.2, 0.25) is 0 Å². The summed E-state index contributed by atoms with van der Waals surface area (Å²) in [5, 5.41) is 2.64. The molecule has 1 aromatic rings. The molecule has 0 aliphatic carbocycles. The summed E-state index contributed by atoms with van der Waals surface area (Å²) in [5.41, 5.74) is 0.415. The van der Waals surface area contributed by atoms with E-state index >= 15 is 0 Å². The molecule has 2 rings (SSSR count). The summed E-state index contributed by atoms with van der Waals surface area (Å²) in [4.78, 5) is 28.0. The number of nitrogens with zero attached hydrogens (tertiary/aromatic N) is 2. The van der Waals surface area contributed by atoms with E-state index in [0.717, 1.165) is 25.9 Å². The van der Waals surface area contributed by atoms with Crippen LogP contribution in [0.5, 0.6) is 0 Å². The highest BCUT2D eigenvalue weighted by molar-refractivity contribution is 5.92. The van der Waals surface area contributed by atoms with Crippen molar-refractivity contribution in [2.75, 3.05) is 32.0 Å². The van der Waals surface area contributed by atoms with Gasteiger partial charge in [-0.1, -0.05) is 6.07 Å². The second kappa shape index (κ2) is 8.06. The molecule has 5 nitrogen and oxygen atoms in total. The van der Waals surface area contributed by atoms with Crippen molar-refractivity contribution in [1.29, 1.82) is 0 Å². The van der Waals surface area contributed by atoms with Crippen LogP contribution in [0.1, 0.15) is 26.2 Å². The molecule has 0 bridgehead atoms. The van der Waals surface area contributed by atoms with Gasteiger partial charge in [-0.3, -0.25) is 14.5 Å². The molecule has 23 heavy (non-hydrogen) atoms. The van der Waals surface area contributed by atoms with Gasteiger partial charge in [0.05, 0.1) is 12.6 Å². The van der Waals surface area contributed by atoms with E-state index in [-0.39, 0.29) is 24.4 Å². The highest BCUT2D eigenvalue weighted by Crippen LogP contribution is 2.12. The van der Waals surface area contributed by atoms with E-state index in [0.29, 0.717) is 5.69 Å². The van der Waals surface area contributed by atoms with E-state index < -0.39 is 5.82 Å². The summed E-state index contributed by atoms with van der Waals surface area (Å²) in [5.74, 6) is -0.605. The molecular weight excluding hydrogens is 297 g/mol. The highest BCUT2D eigenvalue weighted by atomic mass is 19.1. The monoisotopic (exact) mass is 321 g/mol. The van der Waals surface area contributed by atoms with Crippen LogP contribution < -0.4 is 5.32 Å². The van der Waals surface area contributed by atoms with E-state index in [1.54, 1.807) is 18.0 Å². The van der Waals surface area contributed by atoms with Crippen LogP contribution in [0.25, 0.3) is 0 Å². The Bertz CT molecular complexity index is 559. The molecule has 0 aromatic heterocycles. The number of amides is 2. The van der Waals surface area contributed by atoms with E-state index in [1.165, 1.54) is 24.6 Å². The molecule has 1 N–H and O–H groups in total. The number of hydrogen-bond donors (Lipinski definition) is 1. The van der Waals surface area contributed by atoms with Crippen molar-refractivity contribution in [3.8, 4) is 0 Å². The predicted molar refractivity (Wildman–Crippen MR) is 87.6 cm³/mol. The molecule has 0 radical (unpaired) electrons. The van der Waals surface area contributed by atoms with Gasteiger partial charge in [0.15, 0.2) is 0 Å². The Kier molecular flexibility index (Phi) is 6.10. The van der Waals surface area contributed by atoms with Gasteiger partial charge < -0.3 is 10.2 Å². The van der Waals surface area contributed by atoms with E-state index in [1.807, 2.05) is 11.8 Å². The van der Waals surface area contributed by atoms with Crippen molar-refractivity contribution in [3.05, 3.63) is 30.1 Å². The number of nitrogens with one attached hydrogen (secondary N) is 1. The summed E-state index contributed by atoms with van der Waals surface area (Å²) in [6.07, 6.45) is 3.26. The van der Waals surface area contributed by atoms with E-state index in [2.05, 4.69) is 5.32 Å². The zero-order chi connectivity index (χ0) is 16.8. The number of piperidine rings is 1. The molecular formula is C17H24FN3O2. The van der Waals surface area contributed by atoms with Crippen molar-refractivity contribution in [2.24, 2.45) is 0 Å². The summed E-state index contributed by atoms with van der Waals surface area (Å²) in [6.45, 7) is 3.49. The number of anilines is 1. The van der Waals surface area contributed by atoms with Gasteiger partial charge in [0.25, 0.3) is 0 Å². The SMILES string of the molecule is C[C@@H](C(=O)N1CCCCC1)N(C)CC(=O)Nc1cccc(F)c1. The molecule has 1 aliphatic heterocycles. The quantitative estimate of drug-likeness (QED) is 0.903. The molecule has 1 aromatic carbocycles. The fourth-order valence-corrected chi connectivity index (χ4v) is 2.70. The molecule has 2 amide bonds. The van der Waals surface area contributed by atoms with Gasteiger partial charge in [0, 0.05) is 18.8 Å². The first-order valence-corrected chi connectivity index (χ1v) is 8.02. The first-order valence-electron chi connectivity index (χ1n) is 8.02. The summed E-state index contributed by atoms with van der Waals surface area (Å²) < 4.78 is 13.1.